The molecule has 4 heteroatoms. The first-order chi connectivity index (χ1) is 9.45. The minimum Gasteiger partial charge on any atom is -0.476 e. The Morgan fingerprint density at radius 1 is 1.30 bits per heavy atom. The van der Waals surface area contributed by atoms with Gasteiger partial charge in [-0.3, -0.25) is 0 Å². The predicted octanol–water partition coefficient (Wildman–Crippen LogP) is 3.18. The van der Waals surface area contributed by atoms with Gasteiger partial charge in [0.05, 0.1) is 12.3 Å². The summed E-state index contributed by atoms with van der Waals surface area (Å²) < 4.78 is 5.72. The zero-order valence-electron chi connectivity index (χ0n) is 13.1. The van der Waals surface area contributed by atoms with Crippen molar-refractivity contribution < 1.29 is 4.74 Å². The summed E-state index contributed by atoms with van der Waals surface area (Å²) in [4.78, 5) is 6.96. The largest absolute Gasteiger partial charge is 0.476 e. The molecular formula is C16H27N3O. The number of anilines is 2. The van der Waals surface area contributed by atoms with Gasteiger partial charge in [-0.1, -0.05) is 27.7 Å². The van der Waals surface area contributed by atoms with Crippen LogP contribution in [0.5, 0.6) is 5.88 Å². The van der Waals surface area contributed by atoms with Crippen LogP contribution in [0.4, 0.5) is 11.5 Å². The van der Waals surface area contributed by atoms with Crippen molar-refractivity contribution in [1.29, 1.82) is 0 Å². The number of hydrogen-bond acceptors (Lipinski definition) is 4. The van der Waals surface area contributed by atoms with Crippen LogP contribution in [-0.2, 0) is 0 Å². The highest BCUT2D eigenvalue weighted by atomic mass is 16.5. The maximum atomic E-state index is 5.95. The number of nitrogen functional groups attached to an aromatic ring is 1. The molecule has 0 radical (unpaired) electrons. The molecule has 0 amide bonds. The van der Waals surface area contributed by atoms with Gasteiger partial charge in [-0.2, -0.15) is 4.98 Å². The fraction of sp³-hybridized carbons (Fsp3) is 0.688. The number of hydrogen-bond donors (Lipinski definition) is 1. The molecule has 2 rings (SSSR count). The van der Waals surface area contributed by atoms with E-state index in [2.05, 4.69) is 37.6 Å². The summed E-state index contributed by atoms with van der Waals surface area (Å²) in [6.45, 7) is 11.6. The molecule has 0 spiro atoms. The van der Waals surface area contributed by atoms with E-state index in [1.165, 1.54) is 6.42 Å². The van der Waals surface area contributed by atoms with Crippen LogP contribution in [0.1, 0.15) is 34.1 Å². The van der Waals surface area contributed by atoms with Gasteiger partial charge >= 0.3 is 0 Å². The SMILES string of the molecule is CC(C)COc1nc(N2CC(C)CC(C)C2)ccc1N. The van der Waals surface area contributed by atoms with E-state index in [0.29, 0.717) is 35.9 Å². The van der Waals surface area contributed by atoms with E-state index in [1.54, 1.807) is 0 Å². The van der Waals surface area contributed by atoms with E-state index in [9.17, 15) is 0 Å². The Morgan fingerprint density at radius 3 is 2.55 bits per heavy atom. The first-order valence-electron chi connectivity index (χ1n) is 7.60. The minimum atomic E-state index is 0.467. The van der Waals surface area contributed by atoms with Gasteiger partial charge < -0.3 is 15.4 Å². The van der Waals surface area contributed by atoms with Gasteiger partial charge in [0.15, 0.2) is 0 Å². The standard InChI is InChI=1S/C16H27N3O/c1-11(2)10-20-16-14(17)5-6-15(18-16)19-8-12(3)7-13(4)9-19/h5-6,11-13H,7-10,17H2,1-4H3. The number of rotatable bonds is 4. The summed E-state index contributed by atoms with van der Waals surface area (Å²) in [5.41, 5.74) is 6.57. The molecule has 1 aromatic rings. The summed E-state index contributed by atoms with van der Waals surface area (Å²) in [6, 6.07) is 3.91. The molecule has 1 aliphatic heterocycles. The summed E-state index contributed by atoms with van der Waals surface area (Å²) in [6.07, 6.45) is 1.29. The highest BCUT2D eigenvalue weighted by molar-refractivity contribution is 5.54. The summed E-state index contributed by atoms with van der Waals surface area (Å²) in [7, 11) is 0. The van der Waals surface area contributed by atoms with Crippen molar-refractivity contribution in [3.05, 3.63) is 12.1 Å². The highest BCUT2D eigenvalue weighted by Gasteiger charge is 2.23. The minimum absolute atomic E-state index is 0.467. The van der Waals surface area contributed by atoms with Gasteiger partial charge in [0.1, 0.15) is 5.82 Å². The Labute approximate surface area is 122 Å². The lowest BCUT2D eigenvalue weighted by atomic mass is 9.92. The zero-order valence-corrected chi connectivity index (χ0v) is 13.1. The van der Waals surface area contributed by atoms with Crippen LogP contribution in [0.3, 0.4) is 0 Å². The second-order valence-electron chi connectivity index (χ2n) is 6.62. The molecule has 112 valence electrons. The summed E-state index contributed by atoms with van der Waals surface area (Å²) >= 11 is 0. The molecule has 0 saturated carbocycles. The van der Waals surface area contributed by atoms with Crippen molar-refractivity contribution in [2.24, 2.45) is 17.8 Å². The van der Waals surface area contributed by atoms with Crippen LogP contribution < -0.4 is 15.4 Å². The van der Waals surface area contributed by atoms with E-state index < -0.39 is 0 Å². The number of nitrogens with two attached hydrogens (primary N) is 1. The number of nitrogens with zero attached hydrogens (tertiary/aromatic N) is 2. The molecule has 0 aromatic carbocycles. The van der Waals surface area contributed by atoms with Crippen LogP contribution in [0.2, 0.25) is 0 Å². The molecule has 2 unspecified atom stereocenters. The van der Waals surface area contributed by atoms with Gasteiger partial charge in [-0.25, -0.2) is 0 Å². The van der Waals surface area contributed by atoms with Gasteiger partial charge in [-0.05, 0) is 36.3 Å². The maximum absolute atomic E-state index is 5.95. The van der Waals surface area contributed by atoms with Gasteiger partial charge in [0, 0.05) is 13.1 Å². The van der Waals surface area contributed by atoms with Crippen LogP contribution >= 0.6 is 0 Å². The molecule has 2 atom stereocenters. The fourth-order valence-electron chi connectivity index (χ4n) is 2.83. The molecule has 1 fully saturated rings. The van der Waals surface area contributed by atoms with Crippen LogP contribution in [-0.4, -0.2) is 24.7 Å². The van der Waals surface area contributed by atoms with Crippen LogP contribution in [0.25, 0.3) is 0 Å². The number of piperidine rings is 1. The molecule has 0 bridgehead atoms. The smallest absolute Gasteiger partial charge is 0.239 e. The lowest BCUT2D eigenvalue weighted by Gasteiger charge is -2.36. The average molecular weight is 277 g/mol. The number of ether oxygens (including phenoxy) is 1. The third-order valence-corrected chi connectivity index (χ3v) is 3.62. The zero-order chi connectivity index (χ0) is 14.7. The highest BCUT2D eigenvalue weighted by Crippen LogP contribution is 2.28. The van der Waals surface area contributed by atoms with E-state index in [0.717, 1.165) is 18.9 Å². The Balaban J connectivity index is 2.13. The van der Waals surface area contributed by atoms with Crippen molar-refractivity contribution in [3.63, 3.8) is 0 Å². The Kier molecular flexibility index (Phi) is 4.73. The van der Waals surface area contributed by atoms with Crippen molar-refractivity contribution in [1.82, 2.24) is 4.98 Å². The fourth-order valence-corrected chi connectivity index (χ4v) is 2.83. The average Bonchev–Trinajstić information content (AvgIpc) is 2.36. The maximum Gasteiger partial charge on any atom is 0.239 e. The molecule has 1 saturated heterocycles. The number of pyridine rings is 1. The molecular weight excluding hydrogens is 250 g/mol. The molecule has 20 heavy (non-hydrogen) atoms. The number of aromatic nitrogens is 1. The van der Waals surface area contributed by atoms with Crippen molar-refractivity contribution in [2.75, 3.05) is 30.3 Å². The monoisotopic (exact) mass is 277 g/mol. The van der Waals surface area contributed by atoms with Crippen LogP contribution in [0, 0.1) is 17.8 Å². The molecule has 0 aliphatic carbocycles. The van der Waals surface area contributed by atoms with Gasteiger partial charge in [-0.15, -0.1) is 0 Å². The van der Waals surface area contributed by atoms with E-state index in [1.807, 2.05) is 12.1 Å². The molecule has 1 aliphatic rings. The second kappa shape index (κ2) is 6.33. The Morgan fingerprint density at radius 2 is 1.95 bits per heavy atom. The molecule has 4 nitrogen and oxygen atoms in total. The van der Waals surface area contributed by atoms with E-state index in [-0.39, 0.29) is 0 Å². The molecule has 2 heterocycles. The summed E-state index contributed by atoms with van der Waals surface area (Å²) in [5, 5.41) is 0. The Hall–Kier alpha value is -1.45. The van der Waals surface area contributed by atoms with E-state index >= 15 is 0 Å². The van der Waals surface area contributed by atoms with Crippen molar-refractivity contribution in [3.8, 4) is 5.88 Å². The lowest BCUT2D eigenvalue weighted by molar-refractivity contribution is 0.262. The second-order valence-corrected chi connectivity index (χ2v) is 6.62. The summed E-state index contributed by atoms with van der Waals surface area (Å²) in [5.74, 6) is 3.43. The van der Waals surface area contributed by atoms with Gasteiger partial charge in [0.2, 0.25) is 5.88 Å². The van der Waals surface area contributed by atoms with Crippen molar-refractivity contribution in [2.45, 2.75) is 34.1 Å². The predicted molar refractivity (Wildman–Crippen MR) is 84.1 cm³/mol. The van der Waals surface area contributed by atoms with Crippen LogP contribution in [0.15, 0.2) is 12.1 Å². The third-order valence-electron chi connectivity index (χ3n) is 3.62. The topological polar surface area (TPSA) is 51.4 Å². The van der Waals surface area contributed by atoms with Gasteiger partial charge in [0.25, 0.3) is 0 Å². The lowest BCUT2D eigenvalue weighted by Crippen LogP contribution is -2.39. The first-order valence-corrected chi connectivity index (χ1v) is 7.60. The molecule has 1 aromatic heterocycles. The Bertz CT molecular complexity index is 437. The normalized spacial score (nSPS) is 23.1. The quantitative estimate of drug-likeness (QED) is 0.918. The van der Waals surface area contributed by atoms with Crippen molar-refractivity contribution >= 4 is 11.5 Å². The first kappa shape index (κ1) is 14.9. The third kappa shape index (κ3) is 3.78. The molecule has 2 N–H and O–H groups in total. The van der Waals surface area contributed by atoms with E-state index in [4.69, 9.17) is 10.5 Å².